The van der Waals surface area contributed by atoms with Crippen molar-refractivity contribution in [3.63, 3.8) is 0 Å². The van der Waals surface area contributed by atoms with Crippen molar-refractivity contribution in [3.8, 4) is 5.75 Å². The summed E-state index contributed by atoms with van der Waals surface area (Å²) in [7, 11) is 0. The highest BCUT2D eigenvalue weighted by Gasteiger charge is 2.28. The molecule has 0 unspecified atom stereocenters. The van der Waals surface area contributed by atoms with E-state index in [1.165, 1.54) is 0 Å². The predicted molar refractivity (Wildman–Crippen MR) is 142 cm³/mol. The van der Waals surface area contributed by atoms with E-state index in [1.807, 2.05) is 42.5 Å². The van der Waals surface area contributed by atoms with Gasteiger partial charge in [-0.2, -0.15) is 0 Å². The fourth-order valence-corrected chi connectivity index (χ4v) is 3.90. The Balaban J connectivity index is 1.43. The summed E-state index contributed by atoms with van der Waals surface area (Å²) in [5.74, 6) is 0.118. The molecule has 0 heterocycles. The number of amides is 2. The van der Waals surface area contributed by atoms with Crippen LogP contribution in [0, 0.1) is 0 Å². The molecule has 2 amide bonds. The Hall–Kier alpha value is -3.75. The molecule has 3 rings (SSSR count). The first-order chi connectivity index (χ1) is 18.2. The van der Waals surface area contributed by atoms with E-state index in [9.17, 15) is 14.4 Å². The molecule has 38 heavy (non-hydrogen) atoms. The summed E-state index contributed by atoms with van der Waals surface area (Å²) in [5, 5.41) is 5.34. The van der Waals surface area contributed by atoms with Crippen LogP contribution in [0.2, 0.25) is 0 Å². The summed E-state index contributed by atoms with van der Waals surface area (Å²) in [5.41, 5.74) is 1.11. The summed E-state index contributed by atoms with van der Waals surface area (Å²) in [6.45, 7) is 5.97. The molecule has 1 aliphatic rings. The topological polar surface area (TPSA) is 112 Å². The Morgan fingerprint density at radius 1 is 0.921 bits per heavy atom. The minimum absolute atomic E-state index is 0.108. The summed E-state index contributed by atoms with van der Waals surface area (Å²) in [6.07, 6.45) is 2.69. The Morgan fingerprint density at radius 3 is 2.26 bits per heavy atom. The van der Waals surface area contributed by atoms with Gasteiger partial charge in [-0.05, 0) is 69.7 Å². The Labute approximate surface area is 224 Å². The van der Waals surface area contributed by atoms with Gasteiger partial charge in [-0.1, -0.05) is 42.5 Å². The quantitative estimate of drug-likeness (QED) is 0.303. The molecule has 0 spiro atoms. The lowest BCUT2D eigenvalue weighted by Crippen LogP contribution is -2.45. The first-order valence-electron chi connectivity index (χ1n) is 13.0. The Morgan fingerprint density at radius 2 is 1.61 bits per heavy atom. The van der Waals surface area contributed by atoms with Crippen LogP contribution in [0.15, 0.2) is 54.6 Å². The van der Waals surface area contributed by atoms with Crippen LogP contribution in [0.4, 0.5) is 9.59 Å². The van der Waals surface area contributed by atoms with E-state index >= 15 is 0 Å². The van der Waals surface area contributed by atoms with Crippen LogP contribution < -0.4 is 15.4 Å². The second-order valence-corrected chi connectivity index (χ2v) is 10.2. The lowest BCUT2D eigenvalue weighted by Gasteiger charge is -2.24. The molecule has 2 N–H and O–H groups in total. The smallest absolute Gasteiger partial charge is 0.408 e. The zero-order valence-electron chi connectivity index (χ0n) is 22.4. The third-order valence-corrected chi connectivity index (χ3v) is 5.81. The lowest BCUT2D eigenvalue weighted by atomic mass is 10.2. The number of carbonyl (C=O) groups excluding carboxylic acids is 3. The Bertz CT molecular complexity index is 1030. The molecular weight excluding hydrogens is 488 g/mol. The molecule has 0 aromatic heterocycles. The molecule has 0 saturated heterocycles. The maximum atomic E-state index is 12.7. The van der Waals surface area contributed by atoms with Crippen molar-refractivity contribution in [1.29, 1.82) is 0 Å². The number of rotatable bonds is 11. The number of benzene rings is 2. The SMILES string of the molecule is CC(C)(C)OC(=O)N[C@@H](CCOc1ccc(CNC(=O)OCc2ccccc2)cc1)C(=O)OC1CCCC1. The van der Waals surface area contributed by atoms with Crippen LogP contribution in [0.25, 0.3) is 0 Å². The van der Waals surface area contributed by atoms with Gasteiger partial charge in [0.1, 0.15) is 30.1 Å². The fourth-order valence-electron chi connectivity index (χ4n) is 3.90. The Kier molecular flexibility index (Phi) is 10.8. The van der Waals surface area contributed by atoms with Gasteiger partial charge in [0.2, 0.25) is 0 Å². The number of ether oxygens (including phenoxy) is 4. The van der Waals surface area contributed by atoms with Crippen LogP contribution in [0.3, 0.4) is 0 Å². The maximum absolute atomic E-state index is 12.7. The lowest BCUT2D eigenvalue weighted by molar-refractivity contribution is -0.151. The second-order valence-electron chi connectivity index (χ2n) is 10.2. The van der Waals surface area contributed by atoms with Crippen LogP contribution >= 0.6 is 0 Å². The van der Waals surface area contributed by atoms with E-state index in [0.29, 0.717) is 12.3 Å². The van der Waals surface area contributed by atoms with E-state index in [2.05, 4.69) is 10.6 Å². The number of carbonyl (C=O) groups is 3. The molecule has 2 aromatic carbocycles. The van der Waals surface area contributed by atoms with Crippen molar-refractivity contribution in [1.82, 2.24) is 10.6 Å². The molecule has 2 aromatic rings. The van der Waals surface area contributed by atoms with Crippen molar-refractivity contribution in [3.05, 3.63) is 65.7 Å². The molecule has 1 atom stereocenters. The number of alkyl carbamates (subject to hydrolysis) is 2. The fraction of sp³-hybridized carbons (Fsp3) is 0.483. The van der Waals surface area contributed by atoms with E-state index in [1.54, 1.807) is 32.9 Å². The monoisotopic (exact) mass is 526 g/mol. The van der Waals surface area contributed by atoms with Crippen molar-refractivity contribution in [2.45, 2.75) is 83.8 Å². The third-order valence-electron chi connectivity index (χ3n) is 5.81. The molecule has 9 heteroatoms. The zero-order chi connectivity index (χ0) is 27.4. The van der Waals surface area contributed by atoms with Gasteiger partial charge in [-0.25, -0.2) is 14.4 Å². The molecule has 1 aliphatic carbocycles. The molecule has 0 aliphatic heterocycles. The van der Waals surface area contributed by atoms with E-state index in [0.717, 1.165) is 36.8 Å². The average Bonchev–Trinajstić information content (AvgIpc) is 3.39. The highest BCUT2D eigenvalue weighted by Crippen LogP contribution is 2.22. The molecule has 0 radical (unpaired) electrons. The number of hydrogen-bond acceptors (Lipinski definition) is 7. The molecule has 9 nitrogen and oxygen atoms in total. The van der Waals surface area contributed by atoms with E-state index < -0.39 is 29.8 Å². The standard InChI is InChI=1S/C29H38N2O7/c1-29(2,3)38-28(34)31-25(26(32)37-24-11-7-8-12-24)17-18-35-23-15-13-21(14-16-23)19-30-27(33)36-20-22-9-5-4-6-10-22/h4-6,9-10,13-16,24-25H,7-8,11-12,17-20H2,1-3H3,(H,30,33)(H,31,34)/t25-/m0/s1. The van der Waals surface area contributed by atoms with Crippen LogP contribution in [-0.4, -0.2) is 42.5 Å². The van der Waals surface area contributed by atoms with Crippen molar-refractivity contribution < 1.29 is 33.3 Å². The van der Waals surface area contributed by atoms with Gasteiger partial charge in [-0.15, -0.1) is 0 Å². The summed E-state index contributed by atoms with van der Waals surface area (Å²) in [4.78, 5) is 37.0. The van der Waals surface area contributed by atoms with E-state index in [-0.39, 0.29) is 25.7 Å². The van der Waals surface area contributed by atoms with Crippen molar-refractivity contribution in [2.24, 2.45) is 0 Å². The highest BCUT2D eigenvalue weighted by molar-refractivity contribution is 5.81. The number of esters is 1. The van der Waals surface area contributed by atoms with Crippen LogP contribution in [0.5, 0.6) is 5.75 Å². The van der Waals surface area contributed by atoms with Gasteiger partial charge in [0.15, 0.2) is 0 Å². The number of hydrogen-bond donors (Lipinski definition) is 2. The third kappa shape index (κ3) is 10.7. The highest BCUT2D eigenvalue weighted by atomic mass is 16.6. The van der Waals surface area contributed by atoms with Crippen LogP contribution in [0.1, 0.15) is 64.0 Å². The summed E-state index contributed by atoms with van der Waals surface area (Å²) < 4.78 is 21.9. The molecule has 1 fully saturated rings. The average molecular weight is 527 g/mol. The first kappa shape index (κ1) is 28.8. The summed E-state index contributed by atoms with van der Waals surface area (Å²) >= 11 is 0. The van der Waals surface area contributed by atoms with Gasteiger partial charge in [0.05, 0.1) is 6.61 Å². The predicted octanol–water partition coefficient (Wildman–Crippen LogP) is 5.26. The van der Waals surface area contributed by atoms with Crippen molar-refractivity contribution in [2.75, 3.05) is 6.61 Å². The van der Waals surface area contributed by atoms with Gasteiger partial charge >= 0.3 is 18.2 Å². The molecule has 0 bridgehead atoms. The number of nitrogens with one attached hydrogen (secondary N) is 2. The van der Waals surface area contributed by atoms with Gasteiger partial charge in [0, 0.05) is 13.0 Å². The van der Waals surface area contributed by atoms with E-state index in [4.69, 9.17) is 18.9 Å². The second kappa shape index (κ2) is 14.3. The maximum Gasteiger partial charge on any atom is 0.408 e. The molecule has 1 saturated carbocycles. The molecular formula is C29H38N2O7. The van der Waals surface area contributed by atoms with Gasteiger partial charge < -0.3 is 29.6 Å². The normalized spacial score (nSPS) is 14.3. The first-order valence-corrected chi connectivity index (χ1v) is 13.0. The molecule has 206 valence electrons. The largest absolute Gasteiger partial charge is 0.494 e. The minimum atomic E-state index is -0.879. The van der Waals surface area contributed by atoms with Gasteiger partial charge in [-0.3, -0.25) is 0 Å². The minimum Gasteiger partial charge on any atom is -0.494 e. The zero-order valence-corrected chi connectivity index (χ0v) is 22.4. The van der Waals surface area contributed by atoms with Gasteiger partial charge in [0.25, 0.3) is 0 Å². The van der Waals surface area contributed by atoms with Crippen molar-refractivity contribution >= 4 is 18.2 Å². The van der Waals surface area contributed by atoms with Crippen LogP contribution in [-0.2, 0) is 32.2 Å². The summed E-state index contributed by atoms with van der Waals surface area (Å²) in [6, 6.07) is 15.8.